The topological polar surface area (TPSA) is 32.3 Å². The number of carbonyl (C=O) groups excluding carboxylic acids is 1. The SMILES string of the molecule is CC1NC(C)N(CC2CCCCS2)C1=O. The van der Waals surface area contributed by atoms with Crippen LogP contribution in [0.25, 0.3) is 0 Å². The van der Waals surface area contributed by atoms with E-state index in [1.165, 1.54) is 25.0 Å². The van der Waals surface area contributed by atoms with Gasteiger partial charge in [0.2, 0.25) is 5.91 Å². The quantitative estimate of drug-likeness (QED) is 0.776. The maximum Gasteiger partial charge on any atom is 0.240 e. The Morgan fingerprint density at radius 1 is 1.47 bits per heavy atom. The summed E-state index contributed by atoms with van der Waals surface area (Å²) in [7, 11) is 0. The minimum Gasteiger partial charge on any atom is -0.325 e. The molecule has 0 aliphatic carbocycles. The molecule has 2 aliphatic rings. The van der Waals surface area contributed by atoms with Crippen LogP contribution in [0.15, 0.2) is 0 Å². The molecule has 2 fully saturated rings. The van der Waals surface area contributed by atoms with Crippen molar-refractivity contribution in [3.05, 3.63) is 0 Å². The number of amides is 1. The highest BCUT2D eigenvalue weighted by atomic mass is 32.2. The van der Waals surface area contributed by atoms with Gasteiger partial charge in [0.15, 0.2) is 0 Å². The van der Waals surface area contributed by atoms with Crippen LogP contribution in [0.3, 0.4) is 0 Å². The zero-order valence-electron chi connectivity index (χ0n) is 9.53. The van der Waals surface area contributed by atoms with Crippen LogP contribution >= 0.6 is 11.8 Å². The van der Waals surface area contributed by atoms with Crippen LogP contribution < -0.4 is 5.32 Å². The molecule has 4 heteroatoms. The number of nitrogens with zero attached hydrogens (tertiary/aromatic N) is 1. The third-order valence-electron chi connectivity index (χ3n) is 3.29. The fourth-order valence-corrected chi connectivity index (χ4v) is 3.68. The van der Waals surface area contributed by atoms with Crippen molar-refractivity contribution in [1.29, 1.82) is 0 Å². The minimum atomic E-state index is 0.00795. The van der Waals surface area contributed by atoms with Crippen molar-refractivity contribution in [3.8, 4) is 0 Å². The van der Waals surface area contributed by atoms with Crippen LogP contribution in [-0.2, 0) is 4.79 Å². The summed E-state index contributed by atoms with van der Waals surface area (Å²) in [6, 6.07) is 0.00795. The summed E-state index contributed by atoms with van der Waals surface area (Å²) < 4.78 is 0. The van der Waals surface area contributed by atoms with Gasteiger partial charge in [-0.1, -0.05) is 6.42 Å². The van der Waals surface area contributed by atoms with Gasteiger partial charge in [-0.3, -0.25) is 10.1 Å². The summed E-state index contributed by atoms with van der Waals surface area (Å²) >= 11 is 2.03. The molecule has 0 saturated carbocycles. The van der Waals surface area contributed by atoms with Gasteiger partial charge in [-0.15, -0.1) is 0 Å². The highest BCUT2D eigenvalue weighted by molar-refractivity contribution is 7.99. The molecular formula is C11H20N2OS. The molecule has 15 heavy (non-hydrogen) atoms. The Kier molecular flexibility index (Phi) is 3.57. The van der Waals surface area contributed by atoms with E-state index in [1.54, 1.807) is 0 Å². The van der Waals surface area contributed by atoms with E-state index in [1.807, 2.05) is 23.6 Å². The molecule has 1 N–H and O–H groups in total. The average molecular weight is 228 g/mol. The fraction of sp³-hybridized carbons (Fsp3) is 0.909. The number of thioether (sulfide) groups is 1. The van der Waals surface area contributed by atoms with Crippen molar-refractivity contribution in [2.24, 2.45) is 0 Å². The standard InChI is InChI=1S/C11H20N2OS/c1-8-11(14)13(9(2)12-8)7-10-5-3-4-6-15-10/h8-10,12H,3-7H2,1-2H3. The van der Waals surface area contributed by atoms with E-state index < -0.39 is 0 Å². The zero-order valence-corrected chi connectivity index (χ0v) is 10.3. The first-order chi connectivity index (χ1) is 7.18. The van der Waals surface area contributed by atoms with Gasteiger partial charge < -0.3 is 4.90 Å². The van der Waals surface area contributed by atoms with Crippen LogP contribution in [0.4, 0.5) is 0 Å². The first kappa shape index (κ1) is 11.3. The van der Waals surface area contributed by atoms with E-state index in [0.717, 1.165) is 6.54 Å². The second-order valence-corrected chi connectivity index (χ2v) is 5.95. The van der Waals surface area contributed by atoms with Gasteiger partial charge >= 0.3 is 0 Å². The molecule has 0 bridgehead atoms. The Hall–Kier alpha value is -0.220. The van der Waals surface area contributed by atoms with E-state index in [0.29, 0.717) is 5.25 Å². The Morgan fingerprint density at radius 2 is 2.27 bits per heavy atom. The van der Waals surface area contributed by atoms with Crippen LogP contribution in [0, 0.1) is 0 Å². The van der Waals surface area contributed by atoms with Crippen molar-refractivity contribution in [3.63, 3.8) is 0 Å². The van der Waals surface area contributed by atoms with Gasteiger partial charge in [-0.25, -0.2) is 0 Å². The third kappa shape index (κ3) is 2.48. The fourth-order valence-electron chi connectivity index (χ4n) is 2.38. The van der Waals surface area contributed by atoms with Crippen LogP contribution in [0.2, 0.25) is 0 Å². The van der Waals surface area contributed by atoms with Gasteiger partial charge in [0.25, 0.3) is 0 Å². The van der Waals surface area contributed by atoms with Crippen LogP contribution in [0.1, 0.15) is 33.1 Å². The zero-order chi connectivity index (χ0) is 10.8. The number of hydrogen-bond acceptors (Lipinski definition) is 3. The Labute approximate surface area is 96.0 Å². The summed E-state index contributed by atoms with van der Waals surface area (Å²) in [5.41, 5.74) is 0. The lowest BCUT2D eigenvalue weighted by Crippen LogP contribution is -2.40. The molecule has 0 aromatic rings. The number of rotatable bonds is 2. The third-order valence-corrected chi connectivity index (χ3v) is 4.67. The summed E-state index contributed by atoms with van der Waals surface area (Å²) in [5, 5.41) is 3.94. The lowest BCUT2D eigenvalue weighted by Gasteiger charge is -2.28. The van der Waals surface area contributed by atoms with E-state index in [9.17, 15) is 4.79 Å². The highest BCUT2D eigenvalue weighted by Crippen LogP contribution is 2.27. The predicted octanol–water partition coefficient (Wildman–Crippen LogP) is 1.44. The molecule has 2 aliphatic heterocycles. The molecule has 0 spiro atoms. The van der Waals surface area contributed by atoms with Crippen LogP contribution in [-0.4, -0.2) is 40.6 Å². The first-order valence-electron chi connectivity index (χ1n) is 5.86. The Balaban J connectivity index is 1.90. The van der Waals surface area contributed by atoms with Gasteiger partial charge in [0.05, 0.1) is 12.2 Å². The second-order valence-electron chi connectivity index (χ2n) is 4.54. The van der Waals surface area contributed by atoms with Gasteiger partial charge in [0.1, 0.15) is 0 Å². The molecule has 2 heterocycles. The molecule has 3 atom stereocenters. The van der Waals surface area contributed by atoms with Crippen molar-refractivity contribution in [2.75, 3.05) is 12.3 Å². The first-order valence-corrected chi connectivity index (χ1v) is 6.91. The molecule has 3 nitrogen and oxygen atoms in total. The Morgan fingerprint density at radius 3 is 2.80 bits per heavy atom. The molecule has 0 aromatic heterocycles. The monoisotopic (exact) mass is 228 g/mol. The number of nitrogens with one attached hydrogen (secondary N) is 1. The highest BCUT2D eigenvalue weighted by Gasteiger charge is 2.34. The van der Waals surface area contributed by atoms with Gasteiger partial charge in [-0.05, 0) is 32.4 Å². The lowest BCUT2D eigenvalue weighted by atomic mass is 10.2. The van der Waals surface area contributed by atoms with Gasteiger partial charge in [0, 0.05) is 11.8 Å². The van der Waals surface area contributed by atoms with E-state index in [2.05, 4.69) is 12.2 Å². The minimum absolute atomic E-state index is 0.00795. The van der Waals surface area contributed by atoms with Crippen molar-refractivity contribution >= 4 is 17.7 Å². The largest absolute Gasteiger partial charge is 0.325 e. The molecule has 1 amide bonds. The number of carbonyl (C=O) groups is 1. The lowest BCUT2D eigenvalue weighted by molar-refractivity contribution is -0.129. The summed E-state index contributed by atoms with van der Waals surface area (Å²) in [5.74, 6) is 1.54. The average Bonchev–Trinajstić information content (AvgIpc) is 2.47. The van der Waals surface area contributed by atoms with Crippen molar-refractivity contribution < 1.29 is 4.79 Å². The molecule has 2 rings (SSSR count). The van der Waals surface area contributed by atoms with Crippen LogP contribution in [0.5, 0.6) is 0 Å². The summed E-state index contributed by atoms with van der Waals surface area (Å²) in [6.45, 7) is 4.96. The molecular weight excluding hydrogens is 208 g/mol. The van der Waals surface area contributed by atoms with Gasteiger partial charge in [-0.2, -0.15) is 11.8 Å². The Bertz CT molecular complexity index is 241. The summed E-state index contributed by atoms with van der Waals surface area (Å²) in [4.78, 5) is 13.9. The molecule has 2 saturated heterocycles. The van der Waals surface area contributed by atoms with E-state index in [-0.39, 0.29) is 18.1 Å². The molecule has 3 unspecified atom stereocenters. The number of hydrogen-bond donors (Lipinski definition) is 1. The molecule has 86 valence electrons. The predicted molar refractivity (Wildman–Crippen MR) is 63.9 cm³/mol. The van der Waals surface area contributed by atoms with E-state index >= 15 is 0 Å². The van der Waals surface area contributed by atoms with Crippen molar-refractivity contribution in [1.82, 2.24) is 10.2 Å². The van der Waals surface area contributed by atoms with E-state index in [4.69, 9.17) is 0 Å². The second kappa shape index (κ2) is 4.74. The molecule has 0 aromatic carbocycles. The maximum atomic E-state index is 11.8. The molecule has 0 radical (unpaired) electrons. The normalized spacial score (nSPS) is 37.3. The maximum absolute atomic E-state index is 11.8. The van der Waals surface area contributed by atoms with Crippen molar-refractivity contribution in [2.45, 2.75) is 50.6 Å². The summed E-state index contributed by atoms with van der Waals surface area (Å²) in [6.07, 6.45) is 4.17. The smallest absolute Gasteiger partial charge is 0.240 e.